The van der Waals surface area contributed by atoms with Crippen LogP contribution < -0.4 is 5.32 Å². The van der Waals surface area contributed by atoms with E-state index in [9.17, 15) is 15.0 Å². The molecular weight excluding hydrogens is 278 g/mol. The van der Waals surface area contributed by atoms with E-state index in [1.54, 1.807) is 20.8 Å². The molecule has 0 saturated heterocycles. The minimum Gasteiger partial charge on any atom is -0.444 e. The fraction of sp³-hybridized carbons (Fsp3) is 0.643. The number of hydrogen-bond donors (Lipinski definition) is 3. The number of hydrogen-bond acceptors (Lipinski definition) is 5. The van der Waals surface area contributed by atoms with Crippen LogP contribution in [0.5, 0.6) is 0 Å². The molecule has 1 rings (SSSR count). The van der Waals surface area contributed by atoms with E-state index < -0.39 is 23.9 Å². The van der Waals surface area contributed by atoms with Gasteiger partial charge in [0.05, 0.1) is 6.10 Å². The average molecular weight is 301 g/mol. The van der Waals surface area contributed by atoms with Crippen molar-refractivity contribution in [2.24, 2.45) is 0 Å². The number of rotatable bonds is 5. The van der Waals surface area contributed by atoms with E-state index in [1.165, 1.54) is 11.3 Å². The molecule has 0 aliphatic heterocycles. The van der Waals surface area contributed by atoms with E-state index in [0.717, 1.165) is 4.88 Å². The lowest BCUT2D eigenvalue weighted by Gasteiger charge is -2.21. The first-order valence-corrected chi connectivity index (χ1v) is 7.45. The zero-order chi connectivity index (χ0) is 15.3. The van der Waals surface area contributed by atoms with E-state index in [2.05, 4.69) is 5.32 Å². The molecule has 0 aliphatic carbocycles. The first-order valence-electron chi connectivity index (χ1n) is 6.57. The summed E-state index contributed by atoms with van der Waals surface area (Å²) in [6.07, 6.45) is -2.11. The van der Waals surface area contributed by atoms with Crippen LogP contribution in [0, 0.1) is 6.92 Å². The molecule has 1 heterocycles. The smallest absolute Gasteiger partial charge is 0.407 e. The molecule has 0 saturated carbocycles. The van der Waals surface area contributed by atoms with Gasteiger partial charge in [-0.1, -0.05) is 0 Å². The van der Waals surface area contributed by atoms with Gasteiger partial charge in [-0.2, -0.15) is 0 Å². The van der Waals surface area contributed by atoms with Gasteiger partial charge in [0.1, 0.15) is 11.7 Å². The molecule has 1 aromatic rings. The number of carbonyl (C=O) groups excluding carboxylic acids is 1. The van der Waals surface area contributed by atoms with Gasteiger partial charge in [0.25, 0.3) is 0 Å². The van der Waals surface area contributed by atoms with Gasteiger partial charge >= 0.3 is 6.09 Å². The summed E-state index contributed by atoms with van der Waals surface area (Å²) in [5.41, 5.74) is 0.161. The summed E-state index contributed by atoms with van der Waals surface area (Å²) in [6, 6.07) is 1.85. The second kappa shape index (κ2) is 7.06. The lowest BCUT2D eigenvalue weighted by molar-refractivity contribution is 0.0125. The molecule has 3 N–H and O–H groups in total. The number of alkyl carbamates (subject to hydrolysis) is 1. The Balaban J connectivity index is 2.33. The van der Waals surface area contributed by atoms with Crippen molar-refractivity contribution >= 4 is 17.4 Å². The summed E-state index contributed by atoms with van der Waals surface area (Å²) in [6.45, 7) is 7.53. The first-order chi connectivity index (χ1) is 9.19. The standard InChI is InChI=1S/C14H23NO4S/c1-9-7-10(8-20-9)12(17)11(16)5-6-15-13(18)19-14(2,3)4/h7-8,11-12,16-17H,5-6H2,1-4H3,(H,15,18). The topological polar surface area (TPSA) is 78.8 Å². The molecule has 0 bridgehead atoms. The molecule has 1 amide bonds. The Labute approximate surface area is 123 Å². The summed E-state index contributed by atoms with van der Waals surface area (Å²) >= 11 is 1.52. The van der Waals surface area contributed by atoms with Crippen molar-refractivity contribution in [3.63, 3.8) is 0 Å². The van der Waals surface area contributed by atoms with Crippen molar-refractivity contribution in [3.05, 3.63) is 21.9 Å². The molecule has 1 aromatic heterocycles. The number of aliphatic hydroxyl groups excluding tert-OH is 2. The zero-order valence-corrected chi connectivity index (χ0v) is 13.2. The molecule has 114 valence electrons. The Kier molecular flexibility index (Phi) is 5.98. The van der Waals surface area contributed by atoms with Crippen molar-refractivity contribution in [2.45, 2.75) is 51.9 Å². The van der Waals surface area contributed by atoms with Gasteiger partial charge in [-0.25, -0.2) is 4.79 Å². The minimum absolute atomic E-state index is 0.246. The van der Waals surface area contributed by atoms with Gasteiger partial charge < -0.3 is 20.3 Å². The van der Waals surface area contributed by atoms with E-state index in [1.807, 2.05) is 18.4 Å². The summed E-state index contributed by atoms with van der Waals surface area (Å²) in [5.74, 6) is 0. The predicted molar refractivity (Wildman–Crippen MR) is 78.9 cm³/mol. The number of ether oxygens (including phenoxy) is 1. The number of aliphatic hydroxyl groups is 2. The molecular formula is C14H23NO4S. The van der Waals surface area contributed by atoms with Crippen LogP contribution in [0.1, 0.15) is 43.7 Å². The number of amides is 1. The number of aryl methyl sites for hydroxylation is 1. The van der Waals surface area contributed by atoms with Crippen molar-refractivity contribution in [1.82, 2.24) is 5.32 Å². The third kappa shape index (κ3) is 5.90. The highest BCUT2D eigenvalue weighted by molar-refractivity contribution is 7.10. The lowest BCUT2D eigenvalue weighted by atomic mass is 10.1. The normalized spacial score (nSPS) is 14.7. The molecule has 0 spiro atoms. The van der Waals surface area contributed by atoms with E-state index in [-0.39, 0.29) is 13.0 Å². The molecule has 2 unspecified atom stereocenters. The van der Waals surface area contributed by atoms with Crippen LogP contribution in [0.15, 0.2) is 11.4 Å². The van der Waals surface area contributed by atoms with Gasteiger partial charge in [0.15, 0.2) is 0 Å². The number of carbonyl (C=O) groups is 1. The number of nitrogens with one attached hydrogen (secondary N) is 1. The Morgan fingerprint density at radius 2 is 2.10 bits per heavy atom. The SMILES string of the molecule is Cc1cc(C(O)C(O)CCNC(=O)OC(C)(C)C)cs1. The van der Waals surface area contributed by atoms with Crippen LogP contribution in [0.25, 0.3) is 0 Å². The minimum atomic E-state index is -0.930. The van der Waals surface area contributed by atoms with Crippen LogP contribution in [0.2, 0.25) is 0 Å². The molecule has 6 heteroatoms. The summed E-state index contributed by atoms with van der Waals surface area (Å²) < 4.78 is 5.08. The van der Waals surface area contributed by atoms with Gasteiger partial charge in [0.2, 0.25) is 0 Å². The Morgan fingerprint density at radius 1 is 1.45 bits per heavy atom. The van der Waals surface area contributed by atoms with Crippen molar-refractivity contribution in [2.75, 3.05) is 6.54 Å². The predicted octanol–water partition coefficient (Wildman–Crippen LogP) is 2.37. The van der Waals surface area contributed by atoms with Crippen molar-refractivity contribution in [3.8, 4) is 0 Å². The van der Waals surface area contributed by atoms with Crippen LogP contribution in [0.4, 0.5) is 4.79 Å². The zero-order valence-electron chi connectivity index (χ0n) is 12.3. The third-order valence-corrected chi connectivity index (χ3v) is 3.44. The van der Waals surface area contributed by atoms with Crippen LogP contribution >= 0.6 is 11.3 Å². The monoisotopic (exact) mass is 301 g/mol. The largest absolute Gasteiger partial charge is 0.444 e. The summed E-state index contributed by atoms with van der Waals surface area (Å²) in [4.78, 5) is 12.5. The average Bonchev–Trinajstić information content (AvgIpc) is 2.72. The highest BCUT2D eigenvalue weighted by atomic mass is 32.1. The molecule has 5 nitrogen and oxygen atoms in total. The molecule has 20 heavy (non-hydrogen) atoms. The Morgan fingerprint density at radius 3 is 2.60 bits per heavy atom. The molecule has 0 fully saturated rings. The molecule has 2 atom stereocenters. The second-order valence-corrected chi connectivity index (χ2v) is 6.84. The summed E-state index contributed by atoms with van der Waals surface area (Å²) in [7, 11) is 0. The maximum absolute atomic E-state index is 11.4. The van der Waals surface area contributed by atoms with Gasteiger partial charge in [-0.15, -0.1) is 11.3 Å². The van der Waals surface area contributed by atoms with Crippen LogP contribution in [0.3, 0.4) is 0 Å². The fourth-order valence-corrected chi connectivity index (χ4v) is 2.37. The van der Waals surface area contributed by atoms with Crippen LogP contribution in [-0.2, 0) is 4.74 Å². The maximum Gasteiger partial charge on any atom is 0.407 e. The lowest BCUT2D eigenvalue weighted by Crippen LogP contribution is -2.34. The van der Waals surface area contributed by atoms with Gasteiger partial charge in [-0.05, 0) is 51.1 Å². The first kappa shape index (κ1) is 16.9. The van der Waals surface area contributed by atoms with Crippen molar-refractivity contribution in [1.29, 1.82) is 0 Å². The molecule has 0 aliphatic rings. The summed E-state index contributed by atoms with van der Waals surface area (Å²) in [5, 5.41) is 24.2. The van der Waals surface area contributed by atoms with Crippen molar-refractivity contribution < 1.29 is 19.7 Å². The Bertz CT molecular complexity index is 439. The highest BCUT2D eigenvalue weighted by Crippen LogP contribution is 2.23. The van der Waals surface area contributed by atoms with E-state index in [4.69, 9.17) is 4.74 Å². The maximum atomic E-state index is 11.4. The molecule has 0 radical (unpaired) electrons. The van der Waals surface area contributed by atoms with E-state index >= 15 is 0 Å². The van der Waals surface area contributed by atoms with Gasteiger partial charge in [-0.3, -0.25) is 0 Å². The Hall–Kier alpha value is -1.11. The second-order valence-electron chi connectivity index (χ2n) is 5.72. The quantitative estimate of drug-likeness (QED) is 0.780. The fourth-order valence-electron chi connectivity index (χ4n) is 1.64. The van der Waals surface area contributed by atoms with Gasteiger partial charge in [0, 0.05) is 11.4 Å². The molecule has 0 aromatic carbocycles. The number of thiophene rings is 1. The highest BCUT2D eigenvalue weighted by Gasteiger charge is 2.20. The van der Waals surface area contributed by atoms with Crippen LogP contribution in [-0.4, -0.2) is 34.6 Å². The third-order valence-electron chi connectivity index (χ3n) is 2.57. The van der Waals surface area contributed by atoms with E-state index in [0.29, 0.717) is 5.56 Å².